The maximum absolute atomic E-state index is 9.81. The number of rotatable bonds is 8. The Hall–Kier alpha value is -0.0800. The van der Waals surface area contributed by atoms with E-state index < -0.39 is 0 Å². The van der Waals surface area contributed by atoms with Gasteiger partial charge in [-0.25, -0.2) is 0 Å². The molecule has 1 fully saturated rings. The topological polar surface area (TPSA) is 29.5 Å². The normalized spacial score (nSPS) is 23.2. The van der Waals surface area contributed by atoms with Crippen molar-refractivity contribution in [3.8, 4) is 0 Å². The first-order chi connectivity index (χ1) is 7.33. The van der Waals surface area contributed by atoms with E-state index in [2.05, 4.69) is 6.92 Å². The molecule has 0 spiro atoms. The van der Waals surface area contributed by atoms with Gasteiger partial charge in [-0.05, 0) is 25.2 Å². The van der Waals surface area contributed by atoms with E-state index in [4.69, 9.17) is 4.74 Å². The van der Waals surface area contributed by atoms with Gasteiger partial charge in [0.1, 0.15) is 0 Å². The second-order valence-electron chi connectivity index (χ2n) is 4.82. The number of hydrogen-bond acceptors (Lipinski definition) is 2. The van der Waals surface area contributed by atoms with E-state index in [0.29, 0.717) is 5.92 Å². The smallest absolute Gasteiger partial charge is 0.0543 e. The quantitative estimate of drug-likeness (QED) is 0.629. The third kappa shape index (κ3) is 6.16. The van der Waals surface area contributed by atoms with E-state index in [0.717, 1.165) is 32.5 Å². The molecule has 0 aromatic rings. The van der Waals surface area contributed by atoms with Crippen molar-refractivity contribution in [2.24, 2.45) is 5.92 Å². The molecule has 2 unspecified atom stereocenters. The fourth-order valence-electron chi connectivity index (χ4n) is 2.26. The summed E-state index contributed by atoms with van der Waals surface area (Å²) in [5.41, 5.74) is 0. The Kier molecular flexibility index (Phi) is 7.03. The molecule has 1 rings (SSSR count). The second-order valence-corrected chi connectivity index (χ2v) is 4.82. The van der Waals surface area contributed by atoms with Crippen LogP contribution in [0.1, 0.15) is 58.3 Å². The largest absolute Gasteiger partial charge is 0.393 e. The standard InChI is InChI=1S/C13H26O2/c1-2-3-4-5-6-7-13(14)10-12-8-9-15-11-12/h12-14H,2-11H2,1H3. The van der Waals surface area contributed by atoms with Crippen LogP contribution in [-0.4, -0.2) is 24.4 Å². The van der Waals surface area contributed by atoms with Crippen molar-refractivity contribution in [1.82, 2.24) is 0 Å². The highest BCUT2D eigenvalue weighted by molar-refractivity contribution is 4.69. The van der Waals surface area contributed by atoms with Gasteiger partial charge in [-0.1, -0.05) is 39.0 Å². The van der Waals surface area contributed by atoms with E-state index in [-0.39, 0.29) is 6.10 Å². The van der Waals surface area contributed by atoms with E-state index in [9.17, 15) is 5.11 Å². The maximum atomic E-state index is 9.81. The Balaban J connectivity index is 1.91. The highest BCUT2D eigenvalue weighted by Gasteiger charge is 2.18. The monoisotopic (exact) mass is 214 g/mol. The molecular formula is C13H26O2. The minimum Gasteiger partial charge on any atom is -0.393 e. The Morgan fingerprint density at radius 2 is 2.07 bits per heavy atom. The van der Waals surface area contributed by atoms with Crippen LogP contribution in [0.25, 0.3) is 0 Å². The highest BCUT2D eigenvalue weighted by atomic mass is 16.5. The summed E-state index contributed by atoms with van der Waals surface area (Å²) < 4.78 is 5.30. The fourth-order valence-corrected chi connectivity index (χ4v) is 2.26. The molecule has 1 heterocycles. The zero-order valence-electron chi connectivity index (χ0n) is 10.1. The zero-order chi connectivity index (χ0) is 10.9. The molecule has 0 radical (unpaired) electrons. The summed E-state index contributed by atoms with van der Waals surface area (Å²) in [6.45, 7) is 4.00. The number of unbranched alkanes of at least 4 members (excludes halogenated alkanes) is 4. The van der Waals surface area contributed by atoms with Crippen molar-refractivity contribution in [3.63, 3.8) is 0 Å². The summed E-state index contributed by atoms with van der Waals surface area (Å²) >= 11 is 0. The lowest BCUT2D eigenvalue weighted by molar-refractivity contribution is 0.119. The Labute approximate surface area is 94.0 Å². The van der Waals surface area contributed by atoms with Gasteiger partial charge in [-0.3, -0.25) is 0 Å². The van der Waals surface area contributed by atoms with Gasteiger partial charge in [0.05, 0.1) is 6.10 Å². The minimum atomic E-state index is -0.0849. The lowest BCUT2D eigenvalue weighted by atomic mass is 9.97. The first-order valence-corrected chi connectivity index (χ1v) is 6.58. The number of ether oxygens (including phenoxy) is 1. The van der Waals surface area contributed by atoms with Crippen LogP contribution in [0.3, 0.4) is 0 Å². The van der Waals surface area contributed by atoms with Crippen molar-refractivity contribution >= 4 is 0 Å². The van der Waals surface area contributed by atoms with Crippen LogP contribution in [0.15, 0.2) is 0 Å². The number of aliphatic hydroxyl groups excluding tert-OH is 1. The Morgan fingerprint density at radius 1 is 1.27 bits per heavy atom. The van der Waals surface area contributed by atoms with Crippen molar-refractivity contribution in [1.29, 1.82) is 0 Å². The summed E-state index contributed by atoms with van der Waals surface area (Å²) in [7, 11) is 0. The van der Waals surface area contributed by atoms with Gasteiger partial charge >= 0.3 is 0 Å². The van der Waals surface area contributed by atoms with Gasteiger partial charge in [-0.15, -0.1) is 0 Å². The third-order valence-electron chi connectivity index (χ3n) is 3.27. The lowest BCUT2D eigenvalue weighted by Gasteiger charge is -2.13. The number of hydrogen-bond donors (Lipinski definition) is 1. The van der Waals surface area contributed by atoms with Crippen molar-refractivity contribution in [2.45, 2.75) is 64.4 Å². The van der Waals surface area contributed by atoms with E-state index in [1.807, 2.05) is 0 Å². The molecule has 1 aliphatic rings. The molecular weight excluding hydrogens is 188 g/mol. The summed E-state index contributed by atoms with van der Waals surface area (Å²) in [6, 6.07) is 0. The summed E-state index contributed by atoms with van der Waals surface area (Å²) in [6.07, 6.45) is 9.43. The highest BCUT2D eigenvalue weighted by Crippen LogP contribution is 2.20. The first-order valence-electron chi connectivity index (χ1n) is 6.58. The van der Waals surface area contributed by atoms with Crippen LogP contribution in [0, 0.1) is 5.92 Å². The molecule has 15 heavy (non-hydrogen) atoms. The average molecular weight is 214 g/mol. The van der Waals surface area contributed by atoms with Crippen molar-refractivity contribution in [3.05, 3.63) is 0 Å². The average Bonchev–Trinajstić information content (AvgIpc) is 2.70. The van der Waals surface area contributed by atoms with Crippen LogP contribution >= 0.6 is 0 Å². The molecule has 1 N–H and O–H groups in total. The first kappa shape index (κ1) is 13.0. The summed E-state index contributed by atoms with van der Waals surface area (Å²) in [4.78, 5) is 0. The van der Waals surface area contributed by atoms with Crippen LogP contribution in [-0.2, 0) is 4.74 Å². The fraction of sp³-hybridized carbons (Fsp3) is 1.00. The van der Waals surface area contributed by atoms with E-state index in [1.54, 1.807) is 0 Å². The van der Waals surface area contributed by atoms with E-state index >= 15 is 0 Å². The van der Waals surface area contributed by atoms with Gasteiger partial charge in [0.15, 0.2) is 0 Å². The predicted octanol–water partition coefficient (Wildman–Crippen LogP) is 3.13. The van der Waals surface area contributed by atoms with Crippen molar-refractivity contribution < 1.29 is 9.84 Å². The molecule has 2 atom stereocenters. The van der Waals surface area contributed by atoms with Gasteiger partial charge in [0.2, 0.25) is 0 Å². The lowest BCUT2D eigenvalue weighted by Crippen LogP contribution is -2.13. The molecule has 1 saturated heterocycles. The van der Waals surface area contributed by atoms with Crippen LogP contribution in [0.5, 0.6) is 0 Å². The third-order valence-corrected chi connectivity index (χ3v) is 3.27. The predicted molar refractivity (Wildman–Crippen MR) is 62.9 cm³/mol. The van der Waals surface area contributed by atoms with Crippen LogP contribution in [0.2, 0.25) is 0 Å². The number of aliphatic hydroxyl groups is 1. The Morgan fingerprint density at radius 3 is 2.73 bits per heavy atom. The van der Waals surface area contributed by atoms with Crippen molar-refractivity contribution in [2.75, 3.05) is 13.2 Å². The van der Waals surface area contributed by atoms with Gasteiger partial charge in [0.25, 0.3) is 0 Å². The molecule has 0 aromatic heterocycles. The minimum absolute atomic E-state index is 0.0849. The van der Waals surface area contributed by atoms with Crippen LogP contribution in [0.4, 0.5) is 0 Å². The molecule has 2 nitrogen and oxygen atoms in total. The zero-order valence-corrected chi connectivity index (χ0v) is 10.1. The molecule has 0 aromatic carbocycles. The van der Waals surface area contributed by atoms with Gasteiger partial charge in [-0.2, -0.15) is 0 Å². The SMILES string of the molecule is CCCCCCCC(O)CC1CCOC1. The Bertz CT molecular complexity index is 141. The molecule has 90 valence electrons. The molecule has 1 aliphatic heterocycles. The summed E-state index contributed by atoms with van der Waals surface area (Å²) in [5, 5.41) is 9.81. The molecule has 0 saturated carbocycles. The molecule has 0 aliphatic carbocycles. The van der Waals surface area contributed by atoms with E-state index in [1.165, 1.54) is 32.1 Å². The second kappa shape index (κ2) is 8.12. The maximum Gasteiger partial charge on any atom is 0.0543 e. The summed E-state index contributed by atoms with van der Waals surface area (Å²) in [5.74, 6) is 0.621. The molecule has 0 amide bonds. The van der Waals surface area contributed by atoms with Gasteiger partial charge < -0.3 is 9.84 Å². The van der Waals surface area contributed by atoms with Gasteiger partial charge in [0, 0.05) is 13.2 Å². The molecule has 0 bridgehead atoms. The van der Waals surface area contributed by atoms with Crippen LogP contribution < -0.4 is 0 Å². The molecule has 2 heteroatoms.